The number of anilines is 2. The number of rotatable bonds is 8. The molecule has 2 aliphatic rings. The number of fused-ring (bicyclic) bond motifs is 3. The summed E-state index contributed by atoms with van der Waals surface area (Å²) in [4.78, 5) is 2.15. The van der Waals surface area contributed by atoms with Crippen LogP contribution in [0.2, 0.25) is 0 Å². The second-order valence-electron chi connectivity index (χ2n) is 14.9. The van der Waals surface area contributed by atoms with E-state index in [1.807, 2.05) is 103 Å². The Morgan fingerprint density at radius 2 is 1.25 bits per heavy atom. The van der Waals surface area contributed by atoms with E-state index in [0.717, 1.165) is 44.7 Å². The molecule has 0 aliphatic heterocycles. The molecule has 0 amide bonds. The summed E-state index contributed by atoms with van der Waals surface area (Å²) in [7, 11) is 0. The summed E-state index contributed by atoms with van der Waals surface area (Å²) in [6.07, 6.45) is 17.2. The monoisotopic (exact) mass is 775 g/mol. The Balaban J connectivity index is 1.40. The van der Waals surface area contributed by atoms with Crippen molar-refractivity contribution in [3.8, 4) is 12.3 Å². The lowest BCUT2D eigenvalue weighted by molar-refractivity contribution is 0.511. The maximum absolute atomic E-state index is 15.3. The van der Waals surface area contributed by atoms with Crippen LogP contribution in [0, 0.1) is 41.5 Å². The molecule has 2 aliphatic carbocycles. The highest BCUT2D eigenvalue weighted by Gasteiger charge is 2.42. The van der Waals surface area contributed by atoms with Crippen LogP contribution in [0.5, 0.6) is 0 Å². The quantitative estimate of drug-likeness (QED) is 0.110. The van der Waals surface area contributed by atoms with Crippen LogP contribution in [0.1, 0.15) is 29.5 Å². The van der Waals surface area contributed by atoms with Crippen molar-refractivity contribution in [3.63, 3.8) is 0 Å². The van der Waals surface area contributed by atoms with Crippen molar-refractivity contribution in [2.45, 2.75) is 18.9 Å². The van der Waals surface area contributed by atoms with Gasteiger partial charge in [0.2, 0.25) is 0 Å². The molecule has 0 N–H and O–H groups in total. The SMILES string of the molecule is C#CC1=C(/C=C(\C)c2ccccc2)C(C(c2ccccc2)c2cccc3cc(F)c(F)cc23)=C2C=CC=CC2C1N(c1ccccc1)c1cccc2cc(F)c(F)cc12. The van der Waals surface area contributed by atoms with Crippen molar-refractivity contribution in [1.82, 2.24) is 0 Å². The second-order valence-corrected chi connectivity index (χ2v) is 14.9. The van der Waals surface area contributed by atoms with Gasteiger partial charge in [0, 0.05) is 34.2 Å². The van der Waals surface area contributed by atoms with Crippen LogP contribution in [0.4, 0.5) is 28.9 Å². The van der Waals surface area contributed by atoms with Crippen LogP contribution in [0.25, 0.3) is 27.1 Å². The van der Waals surface area contributed by atoms with Crippen LogP contribution in [-0.2, 0) is 0 Å². The predicted molar refractivity (Wildman–Crippen MR) is 233 cm³/mol. The molecule has 286 valence electrons. The number of hydrogen-bond donors (Lipinski definition) is 0. The van der Waals surface area contributed by atoms with Gasteiger partial charge < -0.3 is 4.90 Å². The molecular weight excluding hydrogens is 739 g/mol. The van der Waals surface area contributed by atoms with Gasteiger partial charge in [0.25, 0.3) is 0 Å². The average Bonchev–Trinajstić information content (AvgIpc) is 3.27. The van der Waals surface area contributed by atoms with E-state index in [-0.39, 0.29) is 5.92 Å². The van der Waals surface area contributed by atoms with E-state index in [0.29, 0.717) is 32.8 Å². The van der Waals surface area contributed by atoms with E-state index in [4.69, 9.17) is 6.42 Å². The molecule has 0 heterocycles. The molecule has 5 heteroatoms. The lowest BCUT2D eigenvalue weighted by atomic mass is 9.66. The van der Waals surface area contributed by atoms with Gasteiger partial charge in [0.05, 0.1) is 6.04 Å². The third-order valence-electron chi connectivity index (χ3n) is 11.5. The highest BCUT2D eigenvalue weighted by atomic mass is 19.2. The number of nitrogens with zero attached hydrogens (tertiary/aromatic N) is 1. The number of halogens is 4. The van der Waals surface area contributed by atoms with Gasteiger partial charge in [-0.3, -0.25) is 0 Å². The van der Waals surface area contributed by atoms with Gasteiger partial charge in [-0.25, -0.2) is 17.6 Å². The van der Waals surface area contributed by atoms with Crippen molar-refractivity contribution < 1.29 is 17.6 Å². The topological polar surface area (TPSA) is 3.24 Å². The fourth-order valence-electron chi connectivity index (χ4n) is 8.87. The molecule has 0 aromatic heterocycles. The summed E-state index contributed by atoms with van der Waals surface area (Å²) < 4.78 is 60.1. The van der Waals surface area contributed by atoms with E-state index < -0.39 is 35.2 Å². The van der Waals surface area contributed by atoms with Gasteiger partial charge in [-0.1, -0.05) is 145 Å². The molecular formula is C54H37F4N. The first-order valence-corrected chi connectivity index (χ1v) is 19.5. The molecule has 0 saturated heterocycles. The van der Waals surface area contributed by atoms with Crippen molar-refractivity contribution in [1.29, 1.82) is 0 Å². The number of allylic oxidation sites excluding steroid dienone is 7. The van der Waals surface area contributed by atoms with Gasteiger partial charge in [0.1, 0.15) is 0 Å². The maximum atomic E-state index is 15.3. The van der Waals surface area contributed by atoms with E-state index in [1.54, 1.807) is 12.1 Å². The number of para-hydroxylation sites is 1. The smallest absolute Gasteiger partial charge is 0.159 e. The molecule has 9 rings (SSSR count). The van der Waals surface area contributed by atoms with Crippen LogP contribution in [0.3, 0.4) is 0 Å². The zero-order valence-corrected chi connectivity index (χ0v) is 32.1. The van der Waals surface area contributed by atoms with Crippen molar-refractivity contribution in [2.75, 3.05) is 4.90 Å². The molecule has 0 bridgehead atoms. The lowest BCUT2D eigenvalue weighted by Gasteiger charge is -2.45. The minimum atomic E-state index is -0.947. The molecule has 1 nitrogen and oxygen atoms in total. The first-order chi connectivity index (χ1) is 28.8. The Bertz CT molecular complexity index is 2950. The van der Waals surface area contributed by atoms with Crippen molar-refractivity contribution in [3.05, 3.63) is 244 Å². The first-order valence-electron chi connectivity index (χ1n) is 19.5. The summed E-state index contributed by atoms with van der Waals surface area (Å²) in [5, 5.41) is 2.24. The number of benzene rings is 7. The molecule has 0 spiro atoms. The Kier molecular flexibility index (Phi) is 9.92. The highest BCUT2D eigenvalue weighted by Crippen LogP contribution is 2.52. The van der Waals surface area contributed by atoms with Crippen LogP contribution in [0.15, 0.2) is 204 Å². The highest BCUT2D eigenvalue weighted by molar-refractivity contribution is 5.97. The standard InChI is InChI=1S/C54H37F4N/c1-3-40-46(29-34(2)35-17-7-4-8-18-35)53(52(36-19-9-5-10-20-36)42-27-15-21-37-30-47(55)49(57)32-44(37)42)41-25-13-14-26-43(41)54(40)59(39-23-11-6-12-24-39)51-28-16-22-38-31-48(56)50(58)33-45(38)51/h1,4-33,43,52,54H,2H3/b34-29+. The molecule has 59 heavy (non-hydrogen) atoms. The van der Waals surface area contributed by atoms with Crippen LogP contribution >= 0.6 is 0 Å². The van der Waals surface area contributed by atoms with Gasteiger partial charge in [-0.2, -0.15) is 0 Å². The van der Waals surface area contributed by atoms with Crippen LogP contribution in [-0.4, -0.2) is 6.04 Å². The van der Waals surface area contributed by atoms with Crippen LogP contribution < -0.4 is 4.90 Å². The maximum Gasteiger partial charge on any atom is 0.159 e. The fourth-order valence-corrected chi connectivity index (χ4v) is 8.87. The summed E-state index contributed by atoms with van der Waals surface area (Å²) >= 11 is 0. The summed E-state index contributed by atoms with van der Waals surface area (Å²) in [5.74, 6) is -1.38. The van der Waals surface area contributed by atoms with E-state index in [9.17, 15) is 8.78 Å². The van der Waals surface area contributed by atoms with Crippen molar-refractivity contribution in [2.24, 2.45) is 5.92 Å². The Morgan fingerprint density at radius 3 is 1.93 bits per heavy atom. The molecule has 0 fully saturated rings. The lowest BCUT2D eigenvalue weighted by Crippen LogP contribution is -2.43. The van der Waals surface area contributed by atoms with E-state index in [2.05, 4.69) is 60.2 Å². The Hall–Kier alpha value is -7.16. The molecule has 3 atom stereocenters. The number of hydrogen-bond acceptors (Lipinski definition) is 1. The molecule has 3 unspecified atom stereocenters. The van der Waals surface area contributed by atoms with Gasteiger partial charge in [-0.05, 0) is 105 Å². The predicted octanol–water partition coefficient (Wildman–Crippen LogP) is 14.0. The summed E-state index contributed by atoms with van der Waals surface area (Å²) in [5.41, 5.74) is 8.55. The first kappa shape index (κ1) is 37.4. The normalized spacial score (nSPS) is 17.0. The van der Waals surface area contributed by atoms with E-state index in [1.165, 1.54) is 24.3 Å². The number of terminal acetylenes is 1. The largest absolute Gasteiger partial charge is 0.332 e. The fraction of sp³-hybridized carbons (Fsp3) is 0.0741. The zero-order chi connectivity index (χ0) is 40.6. The molecule has 7 aromatic rings. The van der Waals surface area contributed by atoms with Gasteiger partial charge >= 0.3 is 0 Å². The minimum absolute atomic E-state index is 0.355. The summed E-state index contributed by atoms with van der Waals surface area (Å²) in [6, 6.07) is 45.6. The Morgan fingerprint density at radius 1 is 0.661 bits per heavy atom. The third-order valence-corrected chi connectivity index (χ3v) is 11.5. The minimum Gasteiger partial charge on any atom is -0.332 e. The molecule has 0 saturated carbocycles. The van der Waals surface area contributed by atoms with E-state index >= 15 is 8.78 Å². The zero-order valence-electron chi connectivity index (χ0n) is 32.1. The third kappa shape index (κ3) is 6.77. The Labute approximate surface area is 341 Å². The molecule has 7 aromatic carbocycles. The van der Waals surface area contributed by atoms with Gasteiger partial charge in [-0.15, -0.1) is 6.42 Å². The van der Waals surface area contributed by atoms with Gasteiger partial charge in [0.15, 0.2) is 23.3 Å². The average molecular weight is 776 g/mol. The second kappa shape index (κ2) is 15.6. The molecule has 0 radical (unpaired) electrons. The van der Waals surface area contributed by atoms with Crippen molar-refractivity contribution >= 4 is 38.5 Å². The summed E-state index contributed by atoms with van der Waals surface area (Å²) in [6.45, 7) is 2.06.